The maximum absolute atomic E-state index is 12.8. The minimum absolute atomic E-state index is 0.123. The summed E-state index contributed by atoms with van der Waals surface area (Å²) in [6.07, 6.45) is -0.298. The van der Waals surface area contributed by atoms with Gasteiger partial charge >= 0.3 is 0 Å². The van der Waals surface area contributed by atoms with E-state index in [4.69, 9.17) is 4.99 Å². The van der Waals surface area contributed by atoms with Crippen LogP contribution in [-0.4, -0.2) is 21.8 Å². The molecule has 5 nitrogen and oxygen atoms in total. The Morgan fingerprint density at radius 2 is 2.17 bits per heavy atom. The van der Waals surface area contributed by atoms with Gasteiger partial charge in [-0.3, -0.25) is 15.1 Å². The van der Waals surface area contributed by atoms with Crippen molar-refractivity contribution < 1.29 is 4.79 Å². The molecule has 0 spiro atoms. The largest absolute Gasteiger partial charge is 0.298 e. The number of hydrogen-bond acceptors (Lipinski definition) is 6. The Bertz CT molecular complexity index is 963. The minimum atomic E-state index is -0.298. The van der Waals surface area contributed by atoms with Crippen molar-refractivity contribution in [1.29, 1.82) is 0 Å². The van der Waals surface area contributed by atoms with Crippen molar-refractivity contribution in [3.63, 3.8) is 0 Å². The molecule has 0 radical (unpaired) electrons. The van der Waals surface area contributed by atoms with Crippen LogP contribution in [0.1, 0.15) is 23.5 Å². The summed E-state index contributed by atoms with van der Waals surface area (Å²) in [5, 5.41) is 13.7. The highest BCUT2D eigenvalue weighted by Gasteiger charge is 2.35. The lowest BCUT2D eigenvalue weighted by Crippen LogP contribution is -2.50. The molecule has 122 valence electrons. The molecule has 0 fully saturated rings. The van der Waals surface area contributed by atoms with Gasteiger partial charge < -0.3 is 0 Å². The van der Waals surface area contributed by atoms with Crippen LogP contribution in [0.15, 0.2) is 45.8 Å². The van der Waals surface area contributed by atoms with Crippen LogP contribution >= 0.6 is 23.1 Å². The maximum Gasteiger partial charge on any atom is 0.276 e. The second-order valence-corrected chi connectivity index (χ2v) is 7.67. The summed E-state index contributed by atoms with van der Waals surface area (Å²) in [6.45, 7) is 4.10. The molecule has 0 saturated carbocycles. The van der Waals surface area contributed by atoms with Crippen LogP contribution in [0.4, 0.5) is 0 Å². The highest BCUT2D eigenvalue weighted by Crippen LogP contribution is 2.35. The Morgan fingerprint density at radius 3 is 2.92 bits per heavy atom. The molecule has 1 amide bonds. The zero-order valence-corrected chi connectivity index (χ0v) is 14.9. The molecule has 0 bridgehead atoms. The first kappa shape index (κ1) is 15.4. The van der Waals surface area contributed by atoms with Crippen LogP contribution in [0.25, 0.3) is 5.70 Å². The van der Waals surface area contributed by atoms with Crippen molar-refractivity contribution in [2.75, 3.05) is 5.75 Å². The summed E-state index contributed by atoms with van der Waals surface area (Å²) < 4.78 is 0. The first-order valence-electron chi connectivity index (χ1n) is 7.72. The van der Waals surface area contributed by atoms with E-state index in [-0.39, 0.29) is 12.1 Å². The average molecular weight is 356 g/mol. The van der Waals surface area contributed by atoms with E-state index in [1.54, 1.807) is 16.3 Å². The fourth-order valence-electron chi connectivity index (χ4n) is 2.85. The van der Waals surface area contributed by atoms with Gasteiger partial charge in [0.1, 0.15) is 5.70 Å². The molecule has 4 rings (SSSR count). The van der Waals surface area contributed by atoms with Gasteiger partial charge in [-0.1, -0.05) is 36.9 Å². The van der Waals surface area contributed by atoms with E-state index in [2.05, 4.69) is 28.8 Å². The third-order valence-corrected chi connectivity index (χ3v) is 5.74. The van der Waals surface area contributed by atoms with Gasteiger partial charge in [-0.25, -0.2) is 5.01 Å². The number of carbonyl (C=O) groups excluding carboxylic acids is 1. The number of amides is 1. The summed E-state index contributed by atoms with van der Waals surface area (Å²) in [5.41, 5.74) is 1.73. The van der Waals surface area contributed by atoms with Crippen molar-refractivity contribution in [3.8, 4) is 0 Å². The van der Waals surface area contributed by atoms with E-state index in [0.717, 1.165) is 21.2 Å². The molecule has 2 aliphatic heterocycles. The standard InChI is InChI=1S/C17H16N4OS2/c1-3-23-17-19-16(22)13-11-6-4-5-7-12(11)18-15(21(13)20-17)14-10(2)8-9-24-14/h4-9,15H,3H2,1-2H3,(H,19,20,22)/t15-/m0/s1. The Hall–Kier alpha value is -2.12. The second-order valence-electron chi connectivity index (χ2n) is 5.47. The molecule has 2 aliphatic rings. The van der Waals surface area contributed by atoms with Crippen molar-refractivity contribution in [2.45, 2.75) is 20.0 Å². The Morgan fingerprint density at radius 1 is 1.33 bits per heavy atom. The van der Waals surface area contributed by atoms with E-state index in [0.29, 0.717) is 10.9 Å². The zero-order chi connectivity index (χ0) is 16.7. The van der Waals surface area contributed by atoms with Gasteiger partial charge in [-0.15, -0.1) is 16.4 Å². The predicted molar refractivity (Wildman–Crippen MR) is 98.0 cm³/mol. The molecule has 1 atom stereocenters. The number of carbonyl (C=O) groups is 1. The topological polar surface area (TPSA) is 57.1 Å². The smallest absolute Gasteiger partial charge is 0.276 e. The number of amidine groups is 1. The number of rotatable bonds is 2. The quantitative estimate of drug-likeness (QED) is 0.895. The zero-order valence-electron chi connectivity index (χ0n) is 13.3. The molecule has 0 aliphatic carbocycles. The molecular weight excluding hydrogens is 340 g/mol. The lowest BCUT2D eigenvalue weighted by molar-refractivity contribution is -0.116. The van der Waals surface area contributed by atoms with Crippen molar-refractivity contribution in [2.24, 2.45) is 10.1 Å². The van der Waals surface area contributed by atoms with Gasteiger partial charge in [0.05, 0.1) is 10.2 Å². The number of hydrogen-bond donors (Lipinski definition) is 1. The average Bonchev–Trinajstić information content (AvgIpc) is 3.00. The Labute approximate surface area is 147 Å². The molecule has 3 heterocycles. The van der Waals surface area contributed by atoms with Gasteiger partial charge in [0.25, 0.3) is 5.91 Å². The second kappa shape index (κ2) is 6.07. The van der Waals surface area contributed by atoms with Gasteiger partial charge in [-0.05, 0) is 35.8 Å². The van der Waals surface area contributed by atoms with Crippen molar-refractivity contribution >= 4 is 39.9 Å². The molecule has 1 aromatic heterocycles. The fourth-order valence-corrected chi connectivity index (χ4v) is 4.38. The number of para-hydroxylation sites is 1. The van der Waals surface area contributed by atoms with Crippen LogP contribution in [0.5, 0.6) is 0 Å². The number of fused-ring (bicyclic) bond motifs is 2. The molecule has 0 unspecified atom stereocenters. The summed E-state index contributed by atoms with van der Waals surface area (Å²) in [4.78, 5) is 18.7. The highest BCUT2D eigenvalue weighted by atomic mass is 32.2. The van der Waals surface area contributed by atoms with Gasteiger partial charge in [0, 0.05) is 5.22 Å². The number of hydrazone groups is 1. The summed E-state index contributed by atoms with van der Waals surface area (Å²) >= 11 is 3.17. The summed E-state index contributed by atoms with van der Waals surface area (Å²) in [5.74, 6) is 0.723. The van der Waals surface area contributed by atoms with Crippen LogP contribution in [0.3, 0.4) is 0 Å². The number of thioether (sulfide) groups is 1. The normalized spacial score (nSPS) is 19.2. The third-order valence-electron chi connectivity index (χ3n) is 3.93. The number of nitrogens with zero attached hydrogens (tertiary/aromatic N) is 3. The summed E-state index contributed by atoms with van der Waals surface area (Å²) in [7, 11) is 0. The van der Waals surface area contributed by atoms with Gasteiger partial charge in [-0.2, -0.15) is 0 Å². The maximum atomic E-state index is 12.8. The van der Waals surface area contributed by atoms with Crippen molar-refractivity contribution in [1.82, 2.24) is 10.3 Å². The van der Waals surface area contributed by atoms with E-state index >= 15 is 0 Å². The predicted octanol–water partition coefficient (Wildman–Crippen LogP) is 1.95. The summed E-state index contributed by atoms with van der Waals surface area (Å²) in [6, 6.07) is 9.81. The minimum Gasteiger partial charge on any atom is -0.298 e. The lowest BCUT2D eigenvalue weighted by atomic mass is 10.1. The Kier molecular flexibility index (Phi) is 3.90. The number of nitrogens with one attached hydrogen (secondary N) is 1. The molecule has 1 N–H and O–H groups in total. The lowest BCUT2D eigenvalue weighted by Gasteiger charge is -2.33. The van der Waals surface area contributed by atoms with E-state index in [1.165, 1.54) is 17.3 Å². The molecule has 0 saturated heterocycles. The van der Waals surface area contributed by atoms with E-state index in [1.807, 2.05) is 31.2 Å². The monoisotopic (exact) mass is 356 g/mol. The van der Waals surface area contributed by atoms with Crippen LogP contribution < -0.4 is 15.9 Å². The fraction of sp³-hybridized carbons (Fsp3) is 0.235. The molecular formula is C17H16N4OS2. The third kappa shape index (κ3) is 2.44. The van der Waals surface area contributed by atoms with E-state index < -0.39 is 0 Å². The number of benzene rings is 1. The van der Waals surface area contributed by atoms with Crippen LogP contribution in [0, 0.1) is 6.92 Å². The van der Waals surface area contributed by atoms with Gasteiger partial charge in [0.2, 0.25) is 0 Å². The number of aryl methyl sites for hydroxylation is 1. The Balaban J connectivity index is 1.97. The molecule has 24 heavy (non-hydrogen) atoms. The highest BCUT2D eigenvalue weighted by molar-refractivity contribution is 8.13. The van der Waals surface area contributed by atoms with Gasteiger partial charge in [0.15, 0.2) is 11.3 Å². The van der Waals surface area contributed by atoms with Crippen LogP contribution in [0.2, 0.25) is 0 Å². The SMILES string of the molecule is CCSC1=NN2C(=c3ccccc3=N[C@@H]2c2sccc2C)C(=O)N1. The first-order chi connectivity index (χ1) is 11.7. The van der Waals surface area contributed by atoms with Crippen LogP contribution in [-0.2, 0) is 4.79 Å². The van der Waals surface area contributed by atoms with E-state index in [9.17, 15) is 4.79 Å². The van der Waals surface area contributed by atoms with Crippen molar-refractivity contribution in [3.05, 3.63) is 56.7 Å². The molecule has 1 aromatic carbocycles. The number of thiophene rings is 1. The molecule has 2 aromatic rings. The first-order valence-corrected chi connectivity index (χ1v) is 9.58. The molecule has 7 heteroatoms.